The van der Waals surface area contributed by atoms with Gasteiger partial charge in [-0.15, -0.1) is 0 Å². The van der Waals surface area contributed by atoms with Gasteiger partial charge in [0.1, 0.15) is 5.78 Å². The van der Waals surface area contributed by atoms with E-state index in [1.54, 1.807) is 5.57 Å². The van der Waals surface area contributed by atoms with Gasteiger partial charge in [-0.1, -0.05) is 49.8 Å². The molecule has 3 saturated carbocycles. The molecule has 8 unspecified atom stereocenters. The van der Waals surface area contributed by atoms with Crippen LogP contribution in [0.5, 0.6) is 0 Å². The Morgan fingerprint density at radius 3 is 2.67 bits per heavy atom. The molecule has 0 bridgehead atoms. The zero-order valence-electron chi connectivity index (χ0n) is 19.2. The number of allylic oxidation sites excluding steroid dienone is 4. The van der Waals surface area contributed by atoms with E-state index in [1.807, 2.05) is 6.92 Å². The van der Waals surface area contributed by atoms with Crippen molar-refractivity contribution in [2.24, 2.45) is 40.4 Å². The van der Waals surface area contributed by atoms with Crippen molar-refractivity contribution in [1.82, 2.24) is 0 Å². The van der Waals surface area contributed by atoms with Crippen molar-refractivity contribution in [2.45, 2.75) is 84.7 Å². The van der Waals surface area contributed by atoms with Crippen LogP contribution in [0.25, 0.3) is 0 Å². The second-order valence-electron chi connectivity index (χ2n) is 11.7. The highest BCUT2D eigenvalue weighted by Gasteiger charge is 2.54. The van der Waals surface area contributed by atoms with Gasteiger partial charge in [0.2, 0.25) is 0 Å². The van der Waals surface area contributed by atoms with Crippen LogP contribution in [0.1, 0.15) is 78.6 Å². The molecule has 3 fully saturated rings. The van der Waals surface area contributed by atoms with Crippen LogP contribution in [0.3, 0.4) is 0 Å². The van der Waals surface area contributed by atoms with Gasteiger partial charge in [0.25, 0.3) is 0 Å². The van der Waals surface area contributed by atoms with Crippen molar-refractivity contribution in [1.29, 1.82) is 0 Å². The molecule has 0 aliphatic heterocycles. The van der Waals surface area contributed by atoms with E-state index in [4.69, 9.17) is 4.74 Å². The summed E-state index contributed by atoms with van der Waals surface area (Å²) in [5, 5.41) is 0. The Balaban J connectivity index is 1.26. The third kappa shape index (κ3) is 3.48. The average Bonchev–Trinajstić information content (AvgIpc) is 3.17. The Morgan fingerprint density at radius 2 is 1.90 bits per heavy atom. The standard InChI is InChI=1S/C28H40O2/c1-19(29)22-9-10-24-23(22)11-12-26-25(24)8-7-20-17-21(13-16-28(20,26)3)30-18-27(2)14-5-4-6-15-27/h4-7,14,21-26H,8-13,15-18H2,1-3H3. The van der Waals surface area contributed by atoms with E-state index in [-0.39, 0.29) is 5.41 Å². The summed E-state index contributed by atoms with van der Waals surface area (Å²) in [6.07, 6.45) is 22.9. The molecule has 0 saturated heterocycles. The van der Waals surface area contributed by atoms with Crippen molar-refractivity contribution in [3.8, 4) is 0 Å². The van der Waals surface area contributed by atoms with Crippen molar-refractivity contribution >= 4 is 5.78 Å². The maximum atomic E-state index is 12.2. The predicted molar refractivity (Wildman–Crippen MR) is 122 cm³/mol. The number of rotatable bonds is 4. The highest BCUT2D eigenvalue weighted by atomic mass is 16.5. The second kappa shape index (κ2) is 7.76. The van der Waals surface area contributed by atoms with Crippen LogP contribution < -0.4 is 0 Å². The number of fused-ring (bicyclic) bond motifs is 5. The highest BCUT2D eigenvalue weighted by Crippen LogP contribution is 2.62. The van der Waals surface area contributed by atoms with Gasteiger partial charge in [-0.25, -0.2) is 0 Å². The van der Waals surface area contributed by atoms with Gasteiger partial charge in [-0.05, 0) is 93.8 Å². The zero-order chi connectivity index (χ0) is 20.9. The normalized spacial score (nSPS) is 47.2. The number of Topliss-reactive ketones (excluding diaryl/α,β-unsaturated/α-hetero) is 1. The van der Waals surface area contributed by atoms with E-state index in [2.05, 4.69) is 44.2 Å². The molecule has 5 aliphatic rings. The molecule has 2 nitrogen and oxygen atoms in total. The van der Waals surface area contributed by atoms with Gasteiger partial charge in [-0.3, -0.25) is 4.79 Å². The van der Waals surface area contributed by atoms with Crippen LogP contribution in [0.2, 0.25) is 0 Å². The van der Waals surface area contributed by atoms with Crippen LogP contribution >= 0.6 is 0 Å². The minimum absolute atomic E-state index is 0.162. The minimum Gasteiger partial charge on any atom is -0.377 e. The fourth-order valence-electron chi connectivity index (χ4n) is 8.11. The van der Waals surface area contributed by atoms with Crippen LogP contribution in [0.15, 0.2) is 36.0 Å². The number of ketones is 1. The molecule has 0 aromatic heterocycles. The Bertz CT molecular complexity index is 776. The van der Waals surface area contributed by atoms with Crippen molar-refractivity contribution in [3.05, 3.63) is 36.0 Å². The Kier molecular flexibility index (Phi) is 5.37. The number of ether oxygens (including phenoxy) is 1. The maximum Gasteiger partial charge on any atom is 0.133 e. The lowest BCUT2D eigenvalue weighted by Crippen LogP contribution is -2.48. The molecule has 164 valence electrons. The molecule has 5 rings (SSSR count). The zero-order valence-corrected chi connectivity index (χ0v) is 19.2. The second-order valence-corrected chi connectivity index (χ2v) is 11.7. The first-order valence-corrected chi connectivity index (χ1v) is 12.6. The molecule has 0 spiro atoms. The first-order valence-electron chi connectivity index (χ1n) is 12.6. The fraction of sp³-hybridized carbons (Fsp3) is 0.750. The summed E-state index contributed by atoms with van der Waals surface area (Å²) in [6, 6.07) is 0. The Morgan fingerprint density at radius 1 is 1.07 bits per heavy atom. The van der Waals surface area contributed by atoms with E-state index in [0.29, 0.717) is 29.1 Å². The lowest BCUT2D eigenvalue weighted by Gasteiger charge is -2.55. The van der Waals surface area contributed by atoms with E-state index < -0.39 is 0 Å². The van der Waals surface area contributed by atoms with E-state index in [0.717, 1.165) is 43.6 Å². The van der Waals surface area contributed by atoms with E-state index >= 15 is 0 Å². The predicted octanol–water partition coefficient (Wildman–Crippen LogP) is 6.67. The molecule has 2 heteroatoms. The van der Waals surface area contributed by atoms with Crippen LogP contribution in [-0.2, 0) is 9.53 Å². The Hall–Kier alpha value is -1.15. The van der Waals surface area contributed by atoms with Gasteiger partial charge < -0.3 is 4.74 Å². The molecular weight excluding hydrogens is 368 g/mol. The lowest BCUT2D eigenvalue weighted by molar-refractivity contribution is -0.123. The summed E-state index contributed by atoms with van der Waals surface area (Å²) < 4.78 is 6.50. The summed E-state index contributed by atoms with van der Waals surface area (Å²) in [5.41, 5.74) is 2.23. The molecule has 5 aliphatic carbocycles. The third-order valence-electron chi connectivity index (χ3n) is 9.88. The van der Waals surface area contributed by atoms with Crippen molar-refractivity contribution in [2.75, 3.05) is 6.61 Å². The molecule has 0 radical (unpaired) electrons. The fourth-order valence-corrected chi connectivity index (χ4v) is 8.11. The number of hydrogen-bond donors (Lipinski definition) is 0. The van der Waals surface area contributed by atoms with Crippen molar-refractivity contribution in [3.63, 3.8) is 0 Å². The van der Waals surface area contributed by atoms with Crippen LogP contribution in [-0.4, -0.2) is 18.5 Å². The smallest absolute Gasteiger partial charge is 0.133 e. The Labute approximate surface area is 183 Å². The molecular formula is C28H40O2. The quantitative estimate of drug-likeness (QED) is 0.485. The SMILES string of the molecule is CC(=O)C1CCC2C1CCC1C2CC=C2CC(OCC3(C)C=CC=CC3)CCC21C. The lowest BCUT2D eigenvalue weighted by atomic mass is 9.50. The average molecular weight is 409 g/mol. The maximum absolute atomic E-state index is 12.2. The summed E-state index contributed by atoms with van der Waals surface area (Å²) in [6.45, 7) is 7.56. The van der Waals surface area contributed by atoms with Gasteiger partial charge in [0.15, 0.2) is 0 Å². The largest absolute Gasteiger partial charge is 0.377 e. The third-order valence-corrected chi connectivity index (χ3v) is 9.88. The first kappa shape index (κ1) is 20.7. The molecule has 0 heterocycles. The summed E-state index contributed by atoms with van der Waals surface area (Å²) in [4.78, 5) is 12.2. The highest BCUT2D eigenvalue weighted by molar-refractivity contribution is 5.79. The van der Waals surface area contributed by atoms with Crippen molar-refractivity contribution < 1.29 is 9.53 Å². The first-order chi connectivity index (χ1) is 14.4. The molecule has 0 aromatic carbocycles. The summed E-state index contributed by atoms with van der Waals surface area (Å²) in [7, 11) is 0. The number of carbonyl (C=O) groups is 1. The van der Waals surface area contributed by atoms with E-state index in [9.17, 15) is 4.79 Å². The summed E-state index contributed by atoms with van der Waals surface area (Å²) in [5.74, 6) is 3.94. The van der Waals surface area contributed by atoms with E-state index in [1.165, 1.54) is 38.5 Å². The monoisotopic (exact) mass is 408 g/mol. The van der Waals surface area contributed by atoms with Crippen LogP contribution in [0, 0.1) is 40.4 Å². The topological polar surface area (TPSA) is 26.3 Å². The van der Waals surface area contributed by atoms with Gasteiger partial charge in [0.05, 0.1) is 12.7 Å². The number of hydrogen-bond acceptors (Lipinski definition) is 2. The molecule has 30 heavy (non-hydrogen) atoms. The van der Waals surface area contributed by atoms with Gasteiger partial charge in [0, 0.05) is 11.3 Å². The minimum atomic E-state index is 0.162. The van der Waals surface area contributed by atoms with Gasteiger partial charge >= 0.3 is 0 Å². The molecule has 8 atom stereocenters. The molecule has 0 aromatic rings. The molecule has 0 amide bonds. The number of carbonyl (C=O) groups excluding carboxylic acids is 1. The molecule has 0 N–H and O–H groups in total. The summed E-state index contributed by atoms with van der Waals surface area (Å²) >= 11 is 0. The van der Waals surface area contributed by atoms with Gasteiger partial charge in [-0.2, -0.15) is 0 Å². The van der Waals surface area contributed by atoms with Crippen LogP contribution in [0.4, 0.5) is 0 Å².